The second-order valence-corrected chi connectivity index (χ2v) is 6.11. The second kappa shape index (κ2) is 5.97. The van der Waals surface area contributed by atoms with Crippen LogP contribution in [0.3, 0.4) is 0 Å². The molecule has 0 spiro atoms. The summed E-state index contributed by atoms with van der Waals surface area (Å²) in [4.78, 5) is 14.6. The number of benzene rings is 1. The number of methoxy groups -OCH3 is 1. The maximum absolute atomic E-state index is 11.9. The number of hydrogen-bond acceptors (Lipinski definition) is 4. The molecule has 1 aliphatic rings. The number of amides is 1. The fraction of sp³-hybridized carbons (Fsp3) is 0.312. The molecule has 0 saturated carbocycles. The first-order valence-corrected chi connectivity index (χ1v) is 7.67. The molecule has 1 N–H and O–H groups in total. The van der Waals surface area contributed by atoms with Crippen LogP contribution in [0.1, 0.15) is 27.7 Å². The van der Waals surface area contributed by atoms with Gasteiger partial charge in [0.25, 0.3) is 0 Å². The summed E-state index contributed by atoms with van der Waals surface area (Å²) in [7, 11) is 1.52. The molecule has 1 aliphatic heterocycles. The minimum atomic E-state index is -0.598. The molecular formula is C16H17NO3S. The smallest absolute Gasteiger partial charge is 0.249 e. The Morgan fingerprint density at radius 3 is 2.90 bits per heavy atom. The van der Waals surface area contributed by atoms with Crippen LogP contribution < -0.4 is 0 Å². The molecule has 1 amide bonds. The van der Waals surface area contributed by atoms with Gasteiger partial charge in [-0.1, -0.05) is 24.3 Å². The molecule has 21 heavy (non-hydrogen) atoms. The number of carbonyl (C=O) groups excluding carboxylic acids is 1. The van der Waals surface area contributed by atoms with E-state index in [0.717, 1.165) is 21.6 Å². The maximum atomic E-state index is 11.9. The average molecular weight is 303 g/mol. The lowest BCUT2D eigenvalue weighted by atomic mass is 10.0. The van der Waals surface area contributed by atoms with E-state index in [1.807, 2.05) is 35.7 Å². The second-order valence-electron chi connectivity index (χ2n) is 5.13. The molecule has 0 saturated heterocycles. The van der Waals surface area contributed by atoms with Gasteiger partial charge in [-0.15, -0.1) is 11.3 Å². The van der Waals surface area contributed by atoms with Crippen molar-refractivity contribution in [2.24, 2.45) is 0 Å². The van der Waals surface area contributed by atoms with Crippen LogP contribution in [-0.4, -0.2) is 29.6 Å². The predicted molar refractivity (Wildman–Crippen MR) is 81.0 cm³/mol. The minimum Gasteiger partial charge on any atom is -0.383 e. The van der Waals surface area contributed by atoms with Crippen LogP contribution in [0.4, 0.5) is 0 Å². The monoisotopic (exact) mass is 303 g/mol. The van der Waals surface area contributed by atoms with E-state index < -0.39 is 6.10 Å². The molecule has 1 aromatic carbocycles. The molecule has 4 nitrogen and oxygen atoms in total. The average Bonchev–Trinajstić information content (AvgIpc) is 3.15. The van der Waals surface area contributed by atoms with E-state index in [9.17, 15) is 9.90 Å². The van der Waals surface area contributed by atoms with E-state index in [4.69, 9.17) is 4.74 Å². The van der Waals surface area contributed by atoms with E-state index in [1.165, 1.54) is 7.11 Å². The Hall–Kier alpha value is -1.69. The molecule has 0 fully saturated rings. The van der Waals surface area contributed by atoms with Crippen molar-refractivity contribution in [3.05, 3.63) is 57.3 Å². The quantitative estimate of drug-likeness (QED) is 0.943. The van der Waals surface area contributed by atoms with Gasteiger partial charge in [-0.05, 0) is 28.1 Å². The minimum absolute atomic E-state index is 0.00550. The molecule has 2 aromatic rings. The normalized spacial score (nSPS) is 15.0. The van der Waals surface area contributed by atoms with E-state index in [2.05, 4.69) is 0 Å². The van der Waals surface area contributed by atoms with Gasteiger partial charge in [0, 0.05) is 25.1 Å². The van der Waals surface area contributed by atoms with Crippen LogP contribution in [0, 0.1) is 0 Å². The van der Waals surface area contributed by atoms with Crippen molar-refractivity contribution in [3.8, 4) is 0 Å². The number of fused-ring (bicyclic) bond motifs is 1. The number of aliphatic hydroxyl groups excluding tert-OH is 1. The first-order chi connectivity index (χ1) is 10.2. The van der Waals surface area contributed by atoms with Crippen molar-refractivity contribution in [1.29, 1.82) is 0 Å². The molecule has 0 bridgehead atoms. The molecule has 110 valence electrons. The van der Waals surface area contributed by atoms with Crippen LogP contribution >= 0.6 is 11.3 Å². The summed E-state index contributed by atoms with van der Waals surface area (Å²) >= 11 is 1.54. The Morgan fingerprint density at radius 2 is 2.19 bits per heavy atom. The van der Waals surface area contributed by atoms with Crippen molar-refractivity contribution in [2.45, 2.75) is 19.2 Å². The van der Waals surface area contributed by atoms with Crippen LogP contribution in [0.15, 0.2) is 35.7 Å². The van der Waals surface area contributed by atoms with Gasteiger partial charge >= 0.3 is 0 Å². The number of ether oxygens (including phenoxy) is 1. The largest absolute Gasteiger partial charge is 0.383 e. The third-order valence-electron chi connectivity index (χ3n) is 3.70. The van der Waals surface area contributed by atoms with Crippen LogP contribution in [-0.2, 0) is 22.6 Å². The summed E-state index contributed by atoms with van der Waals surface area (Å²) in [6.07, 6.45) is -0.598. The van der Waals surface area contributed by atoms with Crippen molar-refractivity contribution in [2.75, 3.05) is 13.7 Å². The molecule has 0 aliphatic carbocycles. The fourth-order valence-electron chi connectivity index (χ4n) is 2.59. The van der Waals surface area contributed by atoms with Gasteiger partial charge in [-0.3, -0.25) is 4.79 Å². The third-order valence-corrected chi connectivity index (χ3v) is 4.63. The fourth-order valence-corrected chi connectivity index (χ4v) is 3.32. The highest BCUT2D eigenvalue weighted by atomic mass is 32.1. The van der Waals surface area contributed by atoms with Crippen molar-refractivity contribution < 1.29 is 14.6 Å². The summed E-state index contributed by atoms with van der Waals surface area (Å²) in [6, 6.07) is 9.80. The van der Waals surface area contributed by atoms with Crippen LogP contribution in [0.2, 0.25) is 0 Å². The number of carbonyl (C=O) groups is 1. The number of aliphatic hydroxyl groups is 1. The summed E-state index contributed by atoms with van der Waals surface area (Å²) in [5.41, 5.74) is 3.12. The topological polar surface area (TPSA) is 49.8 Å². The first-order valence-electron chi connectivity index (χ1n) is 6.79. The van der Waals surface area contributed by atoms with Crippen molar-refractivity contribution in [3.63, 3.8) is 0 Å². The Morgan fingerprint density at radius 1 is 1.38 bits per heavy atom. The molecule has 1 unspecified atom stereocenters. The maximum Gasteiger partial charge on any atom is 0.249 e. The van der Waals surface area contributed by atoms with E-state index in [-0.39, 0.29) is 12.5 Å². The third kappa shape index (κ3) is 2.85. The highest BCUT2D eigenvalue weighted by Gasteiger charge is 2.24. The van der Waals surface area contributed by atoms with Gasteiger partial charge in [-0.25, -0.2) is 0 Å². The van der Waals surface area contributed by atoms with Crippen LogP contribution in [0.5, 0.6) is 0 Å². The van der Waals surface area contributed by atoms with Gasteiger partial charge in [0.15, 0.2) is 0 Å². The molecule has 5 heteroatoms. The van der Waals surface area contributed by atoms with Crippen LogP contribution in [0.25, 0.3) is 0 Å². The van der Waals surface area contributed by atoms with Gasteiger partial charge in [-0.2, -0.15) is 0 Å². The summed E-state index contributed by atoms with van der Waals surface area (Å²) < 4.78 is 4.90. The Labute approximate surface area is 127 Å². The Balaban J connectivity index is 1.79. The zero-order chi connectivity index (χ0) is 14.8. The molecule has 3 rings (SSSR count). The molecular weight excluding hydrogens is 286 g/mol. The van der Waals surface area contributed by atoms with Crippen molar-refractivity contribution >= 4 is 17.2 Å². The highest BCUT2D eigenvalue weighted by molar-refractivity contribution is 7.10. The lowest BCUT2D eigenvalue weighted by molar-refractivity contribution is -0.135. The Kier molecular flexibility index (Phi) is 4.05. The molecule has 0 radical (unpaired) electrons. The highest BCUT2D eigenvalue weighted by Crippen LogP contribution is 2.30. The zero-order valence-corrected chi connectivity index (χ0v) is 12.6. The lowest BCUT2D eigenvalue weighted by Crippen LogP contribution is -2.28. The van der Waals surface area contributed by atoms with E-state index >= 15 is 0 Å². The van der Waals surface area contributed by atoms with E-state index in [1.54, 1.807) is 16.2 Å². The molecule has 1 aromatic heterocycles. The molecule has 1 atom stereocenters. The zero-order valence-electron chi connectivity index (χ0n) is 11.8. The SMILES string of the molecule is COCC(=O)N1Cc2ccc(C(O)c3cccs3)cc2C1. The first kappa shape index (κ1) is 14.3. The standard InChI is InChI=1S/C16H17NO3S/c1-20-10-15(18)17-8-12-5-4-11(7-13(12)9-17)16(19)14-3-2-6-21-14/h2-7,16,19H,8-10H2,1H3. The summed E-state index contributed by atoms with van der Waals surface area (Å²) in [5, 5.41) is 12.3. The predicted octanol–water partition coefficient (Wildman–Crippen LogP) is 2.32. The Bertz CT molecular complexity index is 639. The van der Waals surface area contributed by atoms with Crippen molar-refractivity contribution in [1.82, 2.24) is 4.90 Å². The lowest BCUT2D eigenvalue weighted by Gasteiger charge is -2.14. The van der Waals surface area contributed by atoms with Gasteiger partial charge in [0.1, 0.15) is 12.7 Å². The van der Waals surface area contributed by atoms with Gasteiger partial charge in [0.05, 0.1) is 0 Å². The summed E-state index contributed by atoms with van der Waals surface area (Å²) in [6.45, 7) is 1.31. The number of rotatable bonds is 4. The number of thiophene rings is 1. The number of nitrogens with zero attached hydrogens (tertiary/aromatic N) is 1. The van der Waals surface area contributed by atoms with Gasteiger partial charge in [0.2, 0.25) is 5.91 Å². The summed E-state index contributed by atoms with van der Waals surface area (Å²) in [5.74, 6) is -0.00550. The molecule has 2 heterocycles. The number of hydrogen-bond donors (Lipinski definition) is 1. The van der Waals surface area contributed by atoms with Gasteiger partial charge < -0.3 is 14.7 Å². The van der Waals surface area contributed by atoms with E-state index in [0.29, 0.717) is 13.1 Å².